The van der Waals surface area contributed by atoms with Gasteiger partial charge in [0, 0.05) is 5.56 Å². The van der Waals surface area contributed by atoms with Crippen molar-refractivity contribution in [2.75, 3.05) is 6.61 Å². The van der Waals surface area contributed by atoms with Crippen LogP contribution in [-0.2, 0) is 4.74 Å². The Morgan fingerprint density at radius 1 is 1.35 bits per heavy atom. The lowest BCUT2D eigenvalue weighted by molar-refractivity contribution is 0.0524. The van der Waals surface area contributed by atoms with Gasteiger partial charge in [-0.25, -0.2) is 14.3 Å². The Morgan fingerprint density at radius 2 is 2.10 bits per heavy atom. The topological polar surface area (TPSA) is 56.5 Å². The van der Waals surface area contributed by atoms with Crippen LogP contribution in [0.2, 0.25) is 0 Å². The molecule has 2 aromatic heterocycles. The minimum absolute atomic E-state index is 0.324. The first-order valence-corrected chi connectivity index (χ1v) is 7.09. The van der Waals surface area contributed by atoms with E-state index in [9.17, 15) is 4.79 Å². The summed E-state index contributed by atoms with van der Waals surface area (Å²) < 4.78 is 6.54. The predicted octanol–water partition coefficient (Wildman–Crippen LogP) is 2.94. The van der Waals surface area contributed by atoms with Crippen LogP contribution in [0.1, 0.15) is 22.3 Å². The zero-order valence-electron chi connectivity index (χ0n) is 11.2. The quantitative estimate of drug-likeness (QED) is 0.695. The maximum atomic E-state index is 11.6. The second-order valence-electron chi connectivity index (χ2n) is 4.35. The average molecular weight is 287 g/mol. The highest BCUT2D eigenvalue weighted by molar-refractivity contribution is 7.18. The summed E-state index contributed by atoms with van der Waals surface area (Å²) in [7, 11) is 0. The minimum atomic E-state index is -0.403. The number of carbonyl (C=O) groups is 1. The van der Waals surface area contributed by atoms with Gasteiger partial charge in [0.1, 0.15) is 0 Å². The number of hydrogen-bond donors (Lipinski definition) is 0. The van der Waals surface area contributed by atoms with E-state index in [4.69, 9.17) is 4.74 Å². The fourth-order valence-electron chi connectivity index (χ4n) is 1.84. The fourth-order valence-corrected chi connectivity index (χ4v) is 2.61. The third kappa shape index (κ3) is 2.30. The van der Waals surface area contributed by atoms with Crippen LogP contribution in [0, 0.1) is 6.92 Å². The zero-order valence-corrected chi connectivity index (χ0v) is 12.0. The Balaban J connectivity index is 1.94. The summed E-state index contributed by atoms with van der Waals surface area (Å²) in [5.74, 6) is -0.403. The molecule has 0 aliphatic carbocycles. The maximum absolute atomic E-state index is 11.6. The van der Waals surface area contributed by atoms with E-state index in [1.165, 1.54) is 16.9 Å². The Morgan fingerprint density at radius 3 is 2.75 bits per heavy atom. The first-order chi connectivity index (χ1) is 9.67. The number of aryl methyl sites for hydroxylation is 1. The molecule has 0 radical (unpaired) electrons. The van der Waals surface area contributed by atoms with Crippen molar-refractivity contribution in [1.29, 1.82) is 0 Å². The third-order valence-corrected chi connectivity index (χ3v) is 3.74. The number of rotatable bonds is 3. The van der Waals surface area contributed by atoms with Crippen LogP contribution in [0.25, 0.3) is 16.2 Å². The molecule has 0 unspecified atom stereocenters. The van der Waals surface area contributed by atoms with Gasteiger partial charge >= 0.3 is 5.97 Å². The molecule has 3 rings (SSSR count). The van der Waals surface area contributed by atoms with Gasteiger partial charge in [-0.05, 0) is 13.8 Å². The lowest BCUT2D eigenvalue weighted by Crippen LogP contribution is -2.04. The molecule has 0 N–H and O–H groups in total. The SMILES string of the molecule is CCOC(=O)c1nn2cc(-c3ccc(C)cc3)nc2s1. The van der Waals surface area contributed by atoms with Gasteiger partial charge in [0.2, 0.25) is 9.97 Å². The van der Waals surface area contributed by atoms with E-state index < -0.39 is 5.97 Å². The van der Waals surface area contributed by atoms with Crippen LogP contribution in [0.3, 0.4) is 0 Å². The number of ether oxygens (including phenoxy) is 1. The lowest BCUT2D eigenvalue weighted by Gasteiger charge is -1.97. The van der Waals surface area contributed by atoms with E-state index >= 15 is 0 Å². The number of nitrogens with zero attached hydrogens (tertiary/aromatic N) is 3. The van der Waals surface area contributed by atoms with E-state index in [0.29, 0.717) is 16.6 Å². The van der Waals surface area contributed by atoms with Gasteiger partial charge in [0.15, 0.2) is 0 Å². The van der Waals surface area contributed by atoms with Crippen LogP contribution in [-0.4, -0.2) is 27.2 Å². The molecule has 102 valence electrons. The van der Waals surface area contributed by atoms with Gasteiger partial charge in [-0.3, -0.25) is 0 Å². The first-order valence-electron chi connectivity index (χ1n) is 6.27. The molecular formula is C14H13N3O2S. The van der Waals surface area contributed by atoms with Crippen molar-refractivity contribution in [2.24, 2.45) is 0 Å². The third-order valence-electron chi connectivity index (χ3n) is 2.84. The summed E-state index contributed by atoms with van der Waals surface area (Å²) in [6.07, 6.45) is 1.82. The van der Waals surface area contributed by atoms with E-state index in [1.54, 1.807) is 11.4 Å². The molecule has 6 heteroatoms. The highest BCUT2D eigenvalue weighted by atomic mass is 32.1. The van der Waals surface area contributed by atoms with Crippen molar-refractivity contribution in [1.82, 2.24) is 14.6 Å². The molecule has 0 aliphatic rings. The number of esters is 1. The Kier molecular flexibility index (Phi) is 3.23. The molecule has 3 aromatic rings. The normalized spacial score (nSPS) is 10.9. The van der Waals surface area contributed by atoms with Crippen molar-refractivity contribution in [2.45, 2.75) is 13.8 Å². The van der Waals surface area contributed by atoms with E-state index in [0.717, 1.165) is 11.3 Å². The van der Waals surface area contributed by atoms with Crippen LogP contribution in [0.15, 0.2) is 30.5 Å². The largest absolute Gasteiger partial charge is 0.461 e. The predicted molar refractivity (Wildman–Crippen MR) is 77.0 cm³/mol. The molecule has 0 amide bonds. The fraction of sp³-hybridized carbons (Fsp3) is 0.214. The van der Waals surface area contributed by atoms with Crippen molar-refractivity contribution in [3.8, 4) is 11.3 Å². The Bertz CT molecular complexity index is 727. The second-order valence-corrected chi connectivity index (χ2v) is 5.30. The van der Waals surface area contributed by atoms with Gasteiger partial charge in [-0.15, -0.1) is 5.10 Å². The number of imidazole rings is 1. The standard InChI is InChI=1S/C14H13N3O2S/c1-3-19-13(18)12-16-17-8-11(15-14(17)20-12)10-6-4-9(2)5-7-10/h4-8H,3H2,1-2H3. The maximum Gasteiger partial charge on any atom is 0.369 e. The molecule has 0 fully saturated rings. The summed E-state index contributed by atoms with van der Waals surface area (Å²) in [6.45, 7) is 4.16. The molecular weight excluding hydrogens is 274 g/mol. The van der Waals surface area contributed by atoms with Crippen molar-refractivity contribution in [3.63, 3.8) is 0 Å². The molecule has 20 heavy (non-hydrogen) atoms. The zero-order chi connectivity index (χ0) is 14.1. The summed E-state index contributed by atoms with van der Waals surface area (Å²) in [5.41, 5.74) is 3.09. The van der Waals surface area contributed by atoms with Crippen LogP contribution >= 0.6 is 11.3 Å². The van der Waals surface area contributed by atoms with Crippen LogP contribution in [0.5, 0.6) is 0 Å². The summed E-state index contributed by atoms with van der Waals surface area (Å²) in [4.78, 5) is 16.8. The van der Waals surface area contributed by atoms with E-state index in [1.807, 2.05) is 37.4 Å². The van der Waals surface area contributed by atoms with Gasteiger partial charge < -0.3 is 4.74 Å². The smallest absolute Gasteiger partial charge is 0.369 e. The molecule has 0 aliphatic heterocycles. The number of benzene rings is 1. The van der Waals surface area contributed by atoms with Crippen LogP contribution in [0.4, 0.5) is 0 Å². The summed E-state index contributed by atoms with van der Waals surface area (Å²) in [5, 5.41) is 4.52. The molecule has 1 aromatic carbocycles. The first kappa shape index (κ1) is 12.8. The van der Waals surface area contributed by atoms with Gasteiger partial charge in [0.05, 0.1) is 18.5 Å². The van der Waals surface area contributed by atoms with Crippen molar-refractivity contribution < 1.29 is 9.53 Å². The number of aromatic nitrogens is 3. The minimum Gasteiger partial charge on any atom is -0.461 e. The van der Waals surface area contributed by atoms with Crippen molar-refractivity contribution in [3.05, 3.63) is 41.0 Å². The lowest BCUT2D eigenvalue weighted by atomic mass is 10.1. The average Bonchev–Trinajstić information content (AvgIpc) is 2.98. The van der Waals surface area contributed by atoms with E-state index in [-0.39, 0.29) is 0 Å². The molecule has 5 nitrogen and oxygen atoms in total. The number of carbonyl (C=O) groups excluding carboxylic acids is 1. The number of fused-ring (bicyclic) bond motifs is 1. The monoisotopic (exact) mass is 287 g/mol. The molecule has 0 spiro atoms. The van der Waals surface area contributed by atoms with Gasteiger partial charge in [0.25, 0.3) is 0 Å². The molecule has 0 saturated heterocycles. The Labute approximate surface area is 119 Å². The molecule has 2 heterocycles. The summed E-state index contributed by atoms with van der Waals surface area (Å²) in [6, 6.07) is 8.13. The number of hydrogen-bond acceptors (Lipinski definition) is 5. The van der Waals surface area contributed by atoms with Crippen molar-refractivity contribution >= 4 is 22.3 Å². The van der Waals surface area contributed by atoms with E-state index in [2.05, 4.69) is 10.1 Å². The second kappa shape index (κ2) is 5.05. The van der Waals surface area contributed by atoms with Gasteiger partial charge in [-0.1, -0.05) is 41.2 Å². The highest BCUT2D eigenvalue weighted by Gasteiger charge is 2.15. The molecule has 0 atom stereocenters. The highest BCUT2D eigenvalue weighted by Crippen LogP contribution is 2.22. The Hall–Kier alpha value is -2.21. The molecule has 0 bridgehead atoms. The molecule has 0 saturated carbocycles. The van der Waals surface area contributed by atoms with Gasteiger partial charge in [-0.2, -0.15) is 0 Å². The van der Waals surface area contributed by atoms with Crippen LogP contribution < -0.4 is 0 Å². The summed E-state index contributed by atoms with van der Waals surface area (Å²) >= 11 is 1.23.